The van der Waals surface area contributed by atoms with Crippen molar-refractivity contribution in [1.82, 2.24) is 24.6 Å². The van der Waals surface area contributed by atoms with E-state index in [0.29, 0.717) is 24.9 Å². The lowest BCUT2D eigenvalue weighted by atomic mass is 10.1. The molecule has 2 aromatic rings. The Bertz CT molecular complexity index is 764. The summed E-state index contributed by atoms with van der Waals surface area (Å²) in [6, 6.07) is 3.56. The molecular weight excluding hydrogens is 308 g/mol. The largest absolute Gasteiger partial charge is 0.342 e. The van der Waals surface area contributed by atoms with Gasteiger partial charge in [0.2, 0.25) is 11.8 Å². The van der Waals surface area contributed by atoms with E-state index in [2.05, 4.69) is 20.4 Å². The van der Waals surface area contributed by atoms with E-state index in [-0.39, 0.29) is 24.2 Å². The molecule has 1 saturated heterocycles. The summed E-state index contributed by atoms with van der Waals surface area (Å²) < 4.78 is 1.49. The molecule has 2 amide bonds. The van der Waals surface area contributed by atoms with Crippen molar-refractivity contribution >= 4 is 17.6 Å². The van der Waals surface area contributed by atoms with Gasteiger partial charge in [-0.2, -0.15) is 9.78 Å². The van der Waals surface area contributed by atoms with Crippen LogP contribution in [0.5, 0.6) is 0 Å². The summed E-state index contributed by atoms with van der Waals surface area (Å²) >= 11 is 0. The Kier molecular flexibility index (Phi) is 4.28. The van der Waals surface area contributed by atoms with Gasteiger partial charge in [0.1, 0.15) is 5.82 Å². The quantitative estimate of drug-likeness (QED) is 0.907. The first-order valence-corrected chi connectivity index (χ1v) is 7.93. The molecule has 0 radical (unpaired) electrons. The number of anilines is 1. The number of nitrogens with zero attached hydrogens (tertiary/aromatic N) is 5. The second-order valence-electron chi connectivity index (χ2n) is 5.90. The predicted octanol–water partition coefficient (Wildman–Crippen LogP) is 1.09. The Hall–Kier alpha value is -2.77. The molecule has 0 aromatic carbocycles. The number of likely N-dealkylation sites (tertiary alicyclic amines) is 1. The van der Waals surface area contributed by atoms with Crippen LogP contribution >= 0.6 is 0 Å². The van der Waals surface area contributed by atoms with Gasteiger partial charge in [-0.05, 0) is 26.8 Å². The van der Waals surface area contributed by atoms with Crippen LogP contribution in [0.4, 0.5) is 5.82 Å². The summed E-state index contributed by atoms with van der Waals surface area (Å²) in [7, 11) is 0. The van der Waals surface area contributed by atoms with Crippen LogP contribution < -0.4 is 5.32 Å². The van der Waals surface area contributed by atoms with Gasteiger partial charge in [0.25, 0.3) is 5.95 Å². The minimum absolute atomic E-state index is 0.0174. The molecule has 8 nitrogen and oxygen atoms in total. The normalized spacial score (nSPS) is 17.4. The molecule has 0 bridgehead atoms. The fourth-order valence-electron chi connectivity index (χ4n) is 2.84. The van der Waals surface area contributed by atoms with Crippen molar-refractivity contribution in [2.45, 2.75) is 27.2 Å². The van der Waals surface area contributed by atoms with Crippen molar-refractivity contribution in [2.75, 3.05) is 18.4 Å². The first-order chi connectivity index (χ1) is 11.5. The third-order valence-electron chi connectivity index (χ3n) is 4.02. The molecule has 1 N–H and O–H groups in total. The van der Waals surface area contributed by atoms with Crippen molar-refractivity contribution in [1.29, 1.82) is 0 Å². The topological polar surface area (TPSA) is 93.0 Å². The van der Waals surface area contributed by atoms with Crippen LogP contribution in [0, 0.1) is 19.8 Å². The molecule has 1 atom stereocenters. The standard InChI is InChI=1S/C16H20N6O2/c1-4-21-9-12(8-14(21)23)15(24)20-13-5-6-17-22(13)16-18-10(2)7-11(3)19-16/h5-7,12H,4,8-9H2,1-3H3,(H,20,24)/t12-/m0/s1. The Morgan fingerprint density at radius 3 is 2.67 bits per heavy atom. The number of carbonyl (C=O) groups is 2. The van der Waals surface area contributed by atoms with E-state index in [0.717, 1.165) is 11.4 Å². The molecule has 1 aliphatic heterocycles. The third-order valence-corrected chi connectivity index (χ3v) is 4.02. The predicted molar refractivity (Wildman–Crippen MR) is 87.6 cm³/mol. The SMILES string of the molecule is CCN1C[C@@H](C(=O)Nc2ccnn2-c2nc(C)cc(C)n2)CC1=O. The van der Waals surface area contributed by atoms with Crippen LogP contribution in [-0.2, 0) is 9.59 Å². The van der Waals surface area contributed by atoms with Crippen molar-refractivity contribution in [2.24, 2.45) is 5.92 Å². The van der Waals surface area contributed by atoms with Gasteiger partial charge in [-0.3, -0.25) is 9.59 Å². The molecule has 3 heterocycles. The van der Waals surface area contributed by atoms with Crippen molar-refractivity contribution < 1.29 is 9.59 Å². The highest BCUT2D eigenvalue weighted by Crippen LogP contribution is 2.20. The van der Waals surface area contributed by atoms with E-state index in [4.69, 9.17) is 0 Å². The highest BCUT2D eigenvalue weighted by Gasteiger charge is 2.33. The maximum atomic E-state index is 12.5. The Labute approximate surface area is 139 Å². The van der Waals surface area contributed by atoms with Gasteiger partial charge < -0.3 is 10.2 Å². The van der Waals surface area contributed by atoms with Gasteiger partial charge >= 0.3 is 0 Å². The van der Waals surface area contributed by atoms with Crippen molar-refractivity contribution in [3.63, 3.8) is 0 Å². The van der Waals surface area contributed by atoms with E-state index >= 15 is 0 Å². The van der Waals surface area contributed by atoms with Gasteiger partial charge in [0.15, 0.2) is 0 Å². The zero-order valence-corrected chi connectivity index (χ0v) is 14.0. The monoisotopic (exact) mass is 328 g/mol. The van der Waals surface area contributed by atoms with E-state index < -0.39 is 0 Å². The number of nitrogens with one attached hydrogen (secondary N) is 1. The van der Waals surface area contributed by atoms with Crippen LogP contribution in [0.2, 0.25) is 0 Å². The van der Waals surface area contributed by atoms with Gasteiger partial charge in [-0.15, -0.1) is 0 Å². The van der Waals surface area contributed by atoms with Crippen LogP contribution in [0.25, 0.3) is 5.95 Å². The summed E-state index contributed by atoms with van der Waals surface area (Å²) in [4.78, 5) is 34.7. The maximum absolute atomic E-state index is 12.5. The van der Waals surface area contributed by atoms with Gasteiger partial charge in [-0.25, -0.2) is 9.97 Å². The second kappa shape index (κ2) is 6.38. The molecule has 8 heteroatoms. The summed E-state index contributed by atoms with van der Waals surface area (Å²) in [5.74, 6) is 0.382. The first kappa shape index (κ1) is 16.1. The number of hydrogen-bond donors (Lipinski definition) is 1. The molecule has 3 rings (SSSR count). The lowest BCUT2D eigenvalue weighted by Crippen LogP contribution is -2.28. The third kappa shape index (κ3) is 3.12. The molecule has 24 heavy (non-hydrogen) atoms. The number of rotatable bonds is 4. The number of hydrogen-bond acceptors (Lipinski definition) is 5. The molecule has 126 valence electrons. The summed E-state index contributed by atoms with van der Waals surface area (Å²) in [5, 5.41) is 7.03. The van der Waals surface area contributed by atoms with Gasteiger partial charge in [0, 0.05) is 37.0 Å². The smallest absolute Gasteiger partial charge is 0.252 e. The minimum atomic E-state index is -0.346. The highest BCUT2D eigenvalue weighted by molar-refractivity contribution is 5.96. The lowest BCUT2D eigenvalue weighted by molar-refractivity contribution is -0.128. The molecule has 2 aromatic heterocycles. The van der Waals surface area contributed by atoms with Gasteiger partial charge in [0.05, 0.1) is 12.1 Å². The van der Waals surface area contributed by atoms with Crippen LogP contribution in [-0.4, -0.2) is 49.6 Å². The van der Waals surface area contributed by atoms with Crippen molar-refractivity contribution in [3.05, 3.63) is 29.7 Å². The van der Waals surface area contributed by atoms with E-state index in [1.165, 1.54) is 4.68 Å². The van der Waals surface area contributed by atoms with Crippen LogP contribution in [0.15, 0.2) is 18.3 Å². The second-order valence-corrected chi connectivity index (χ2v) is 5.90. The Balaban J connectivity index is 1.79. The molecule has 0 aliphatic carbocycles. The number of aromatic nitrogens is 4. The average molecular weight is 328 g/mol. The molecule has 1 aliphatic rings. The number of carbonyl (C=O) groups excluding carboxylic acids is 2. The first-order valence-electron chi connectivity index (χ1n) is 7.93. The maximum Gasteiger partial charge on any atom is 0.252 e. The minimum Gasteiger partial charge on any atom is -0.342 e. The zero-order valence-electron chi connectivity index (χ0n) is 14.0. The van der Waals surface area contributed by atoms with Crippen molar-refractivity contribution in [3.8, 4) is 5.95 Å². The van der Waals surface area contributed by atoms with E-state index in [9.17, 15) is 9.59 Å². The summed E-state index contributed by atoms with van der Waals surface area (Å²) in [5.41, 5.74) is 1.65. The van der Waals surface area contributed by atoms with E-state index in [1.54, 1.807) is 17.2 Å². The lowest BCUT2D eigenvalue weighted by Gasteiger charge is -2.14. The fourth-order valence-corrected chi connectivity index (χ4v) is 2.84. The van der Waals surface area contributed by atoms with Crippen LogP contribution in [0.1, 0.15) is 24.7 Å². The summed E-state index contributed by atoms with van der Waals surface area (Å²) in [6.45, 7) is 6.74. The Morgan fingerprint density at radius 2 is 2.04 bits per heavy atom. The highest BCUT2D eigenvalue weighted by atomic mass is 16.2. The molecule has 0 saturated carbocycles. The number of amides is 2. The number of aryl methyl sites for hydroxylation is 2. The molecule has 0 spiro atoms. The van der Waals surface area contributed by atoms with Crippen LogP contribution in [0.3, 0.4) is 0 Å². The molecular formula is C16H20N6O2. The molecule has 1 fully saturated rings. The molecule has 0 unspecified atom stereocenters. The Morgan fingerprint density at radius 1 is 1.33 bits per heavy atom. The summed E-state index contributed by atoms with van der Waals surface area (Å²) in [6.07, 6.45) is 1.82. The zero-order chi connectivity index (χ0) is 17.3. The fraction of sp³-hybridized carbons (Fsp3) is 0.438. The van der Waals surface area contributed by atoms with E-state index in [1.807, 2.05) is 26.8 Å². The van der Waals surface area contributed by atoms with Gasteiger partial charge in [-0.1, -0.05) is 0 Å². The average Bonchev–Trinajstić information content (AvgIpc) is 3.12.